The van der Waals surface area contributed by atoms with Gasteiger partial charge in [0, 0.05) is 20.6 Å². The van der Waals surface area contributed by atoms with Crippen LogP contribution in [0.1, 0.15) is 25.6 Å². The van der Waals surface area contributed by atoms with Crippen LogP contribution in [-0.4, -0.2) is 47.0 Å². The molecule has 2 rings (SSSR count). The van der Waals surface area contributed by atoms with E-state index in [1.807, 2.05) is 19.0 Å². The largest absolute Gasteiger partial charge is 0.368 e. The lowest BCUT2D eigenvalue weighted by Crippen LogP contribution is -2.34. The summed E-state index contributed by atoms with van der Waals surface area (Å²) < 4.78 is 0. The number of piperidine rings is 1. The summed E-state index contributed by atoms with van der Waals surface area (Å²) in [7, 11) is 3.81. The van der Waals surface area contributed by atoms with Crippen LogP contribution < -0.4 is 10.6 Å². The molecule has 0 amide bonds. The lowest BCUT2D eigenvalue weighted by molar-refractivity contribution is 0.173. The van der Waals surface area contributed by atoms with Gasteiger partial charge in [0.15, 0.2) is 0 Å². The Morgan fingerprint density at radius 2 is 2.11 bits per heavy atom. The Morgan fingerprint density at radius 1 is 1.33 bits per heavy atom. The quantitative estimate of drug-likeness (QED) is 0.853. The Bertz CT molecular complexity index is 406. The predicted molar refractivity (Wildman–Crippen MR) is 72.2 cm³/mol. The molecule has 1 saturated heterocycles. The number of nitrogen functional groups attached to an aromatic ring is 1. The minimum atomic E-state index is 0.300. The second-order valence-corrected chi connectivity index (χ2v) is 5.29. The Kier molecular flexibility index (Phi) is 3.96. The first-order valence-electron chi connectivity index (χ1n) is 6.44. The number of nitrogens with two attached hydrogens (primary N) is 1. The lowest BCUT2D eigenvalue weighted by Gasteiger charge is -2.30. The van der Waals surface area contributed by atoms with Crippen molar-refractivity contribution in [2.24, 2.45) is 5.92 Å². The number of likely N-dealkylation sites (tertiary alicyclic amines) is 1. The molecule has 0 bridgehead atoms. The van der Waals surface area contributed by atoms with E-state index in [2.05, 4.69) is 26.8 Å². The molecular formula is C12H22N6. The molecule has 0 aromatic carbocycles. The van der Waals surface area contributed by atoms with Gasteiger partial charge < -0.3 is 10.6 Å². The molecule has 1 aliphatic heterocycles. The summed E-state index contributed by atoms with van der Waals surface area (Å²) in [6, 6.07) is 0. The van der Waals surface area contributed by atoms with Crippen LogP contribution >= 0.6 is 0 Å². The van der Waals surface area contributed by atoms with E-state index < -0.39 is 0 Å². The van der Waals surface area contributed by atoms with Crippen molar-refractivity contribution in [1.29, 1.82) is 0 Å². The molecule has 6 heteroatoms. The van der Waals surface area contributed by atoms with Crippen LogP contribution in [0.25, 0.3) is 0 Å². The molecule has 0 radical (unpaired) electrons. The van der Waals surface area contributed by atoms with Gasteiger partial charge in [-0.1, -0.05) is 6.92 Å². The second-order valence-electron chi connectivity index (χ2n) is 5.29. The van der Waals surface area contributed by atoms with Crippen LogP contribution in [0.15, 0.2) is 0 Å². The Morgan fingerprint density at radius 3 is 2.78 bits per heavy atom. The maximum atomic E-state index is 5.72. The lowest BCUT2D eigenvalue weighted by atomic mass is 10.0. The summed E-state index contributed by atoms with van der Waals surface area (Å²) in [6.45, 7) is 5.28. The van der Waals surface area contributed by atoms with Crippen molar-refractivity contribution in [2.75, 3.05) is 37.8 Å². The van der Waals surface area contributed by atoms with Gasteiger partial charge >= 0.3 is 0 Å². The standard InChI is InChI=1S/C12H22N6/c1-9-5-4-6-18(7-9)8-10-14-11(13)16-12(15-10)17(2)3/h9H,4-8H2,1-3H3,(H2,13,14,15,16)/t9-/m0/s1. The SMILES string of the molecule is C[C@H]1CCCN(Cc2nc(N)nc(N(C)C)n2)C1. The summed E-state index contributed by atoms with van der Waals surface area (Å²) in [6.07, 6.45) is 2.57. The molecule has 2 N–H and O–H groups in total. The molecule has 1 atom stereocenters. The maximum Gasteiger partial charge on any atom is 0.229 e. The normalized spacial score (nSPS) is 20.9. The van der Waals surface area contributed by atoms with Crippen molar-refractivity contribution in [3.05, 3.63) is 5.82 Å². The third-order valence-corrected chi connectivity index (χ3v) is 3.19. The fraction of sp³-hybridized carbons (Fsp3) is 0.750. The van der Waals surface area contributed by atoms with Crippen LogP contribution in [0.3, 0.4) is 0 Å². The summed E-state index contributed by atoms with van der Waals surface area (Å²) in [5, 5.41) is 0. The Hall–Kier alpha value is -1.43. The molecule has 2 heterocycles. The highest BCUT2D eigenvalue weighted by Crippen LogP contribution is 2.17. The number of anilines is 2. The molecule has 6 nitrogen and oxygen atoms in total. The fourth-order valence-electron chi connectivity index (χ4n) is 2.33. The van der Waals surface area contributed by atoms with E-state index in [0.29, 0.717) is 11.9 Å². The highest BCUT2D eigenvalue weighted by molar-refractivity contribution is 5.32. The number of hydrogen-bond donors (Lipinski definition) is 1. The molecular weight excluding hydrogens is 228 g/mol. The maximum absolute atomic E-state index is 5.72. The van der Waals surface area contributed by atoms with Crippen molar-refractivity contribution >= 4 is 11.9 Å². The van der Waals surface area contributed by atoms with Crippen molar-refractivity contribution < 1.29 is 0 Å². The molecule has 1 aromatic rings. The van der Waals surface area contributed by atoms with E-state index in [0.717, 1.165) is 31.4 Å². The van der Waals surface area contributed by atoms with E-state index in [1.54, 1.807) is 0 Å². The second kappa shape index (κ2) is 5.48. The van der Waals surface area contributed by atoms with Gasteiger partial charge in [-0.05, 0) is 25.3 Å². The van der Waals surface area contributed by atoms with Gasteiger partial charge in [-0.25, -0.2) is 0 Å². The zero-order valence-electron chi connectivity index (χ0n) is 11.4. The molecule has 0 unspecified atom stereocenters. The predicted octanol–water partition coefficient (Wildman–Crippen LogP) is 0.752. The molecule has 18 heavy (non-hydrogen) atoms. The van der Waals surface area contributed by atoms with Gasteiger partial charge in [-0.15, -0.1) is 0 Å². The van der Waals surface area contributed by atoms with E-state index in [1.165, 1.54) is 12.8 Å². The topological polar surface area (TPSA) is 71.2 Å². The van der Waals surface area contributed by atoms with Crippen LogP contribution in [-0.2, 0) is 6.54 Å². The van der Waals surface area contributed by atoms with Gasteiger partial charge in [0.1, 0.15) is 5.82 Å². The number of rotatable bonds is 3. The van der Waals surface area contributed by atoms with E-state index >= 15 is 0 Å². The first-order valence-corrected chi connectivity index (χ1v) is 6.44. The summed E-state index contributed by atoms with van der Waals surface area (Å²) in [4.78, 5) is 17.0. The number of aromatic nitrogens is 3. The third-order valence-electron chi connectivity index (χ3n) is 3.19. The zero-order valence-corrected chi connectivity index (χ0v) is 11.4. The fourth-order valence-corrected chi connectivity index (χ4v) is 2.33. The van der Waals surface area contributed by atoms with Crippen LogP contribution in [0.2, 0.25) is 0 Å². The van der Waals surface area contributed by atoms with Gasteiger partial charge in [0.2, 0.25) is 11.9 Å². The number of nitrogens with zero attached hydrogens (tertiary/aromatic N) is 5. The van der Waals surface area contributed by atoms with Crippen LogP contribution in [0.4, 0.5) is 11.9 Å². The Labute approximate surface area is 108 Å². The van der Waals surface area contributed by atoms with Gasteiger partial charge in [-0.3, -0.25) is 4.90 Å². The first-order chi connectivity index (χ1) is 8.54. The molecule has 1 aromatic heterocycles. The molecule has 0 saturated carbocycles. The average molecular weight is 250 g/mol. The van der Waals surface area contributed by atoms with Gasteiger partial charge in [0.05, 0.1) is 6.54 Å². The van der Waals surface area contributed by atoms with Crippen molar-refractivity contribution in [2.45, 2.75) is 26.3 Å². The van der Waals surface area contributed by atoms with Crippen molar-refractivity contribution in [3.63, 3.8) is 0 Å². The molecule has 1 aliphatic rings. The minimum absolute atomic E-state index is 0.300. The molecule has 100 valence electrons. The number of hydrogen-bond acceptors (Lipinski definition) is 6. The van der Waals surface area contributed by atoms with Crippen molar-refractivity contribution in [3.8, 4) is 0 Å². The highest BCUT2D eigenvalue weighted by Gasteiger charge is 2.18. The summed E-state index contributed by atoms with van der Waals surface area (Å²) >= 11 is 0. The monoisotopic (exact) mass is 250 g/mol. The van der Waals surface area contributed by atoms with E-state index in [9.17, 15) is 0 Å². The van der Waals surface area contributed by atoms with Gasteiger partial charge in [0.25, 0.3) is 0 Å². The highest BCUT2D eigenvalue weighted by atomic mass is 15.3. The van der Waals surface area contributed by atoms with E-state index in [-0.39, 0.29) is 0 Å². The Balaban J connectivity index is 2.08. The summed E-state index contributed by atoms with van der Waals surface area (Å²) in [5.41, 5.74) is 5.72. The van der Waals surface area contributed by atoms with Crippen LogP contribution in [0.5, 0.6) is 0 Å². The smallest absolute Gasteiger partial charge is 0.229 e. The molecule has 0 spiro atoms. The van der Waals surface area contributed by atoms with E-state index in [4.69, 9.17) is 5.73 Å². The third kappa shape index (κ3) is 3.29. The average Bonchev–Trinajstić information content (AvgIpc) is 2.28. The minimum Gasteiger partial charge on any atom is -0.368 e. The van der Waals surface area contributed by atoms with Gasteiger partial charge in [-0.2, -0.15) is 15.0 Å². The van der Waals surface area contributed by atoms with Crippen molar-refractivity contribution in [1.82, 2.24) is 19.9 Å². The molecule has 0 aliphatic carbocycles. The van der Waals surface area contributed by atoms with Crippen LogP contribution in [0, 0.1) is 5.92 Å². The summed E-state index contributed by atoms with van der Waals surface area (Å²) in [5.74, 6) is 2.45. The zero-order chi connectivity index (χ0) is 13.1. The molecule has 1 fully saturated rings. The first kappa shape index (κ1) is 13.0.